The maximum Gasteiger partial charge on any atom is 0.338 e. The third-order valence-electron chi connectivity index (χ3n) is 3.16. The van der Waals surface area contributed by atoms with E-state index in [9.17, 15) is 9.59 Å². The molecule has 0 bridgehead atoms. The van der Waals surface area contributed by atoms with Crippen LogP contribution in [0.2, 0.25) is 0 Å². The van der Waals surface area contributed by atoms with E-state index in [1.165, 1.54) is 0 Å². The molecule has 0 aliphatic carbocycles. The molecule has 0 aromatic heterocycles. The third-order valence-corrected chi connectivity index (χ3v) is 3.16. The Kier molecular flexibility index (Phi) is 7.46. The Morgan fingerprint density at radius 2 is 1.80 bits per heavy atom. The first-order valence-electron chi connectivity index (χ1n) is 8.01. The molecule has 0 unspecified atom stereocenters. The van der Waals surface area contributed by atoms with Crippen LogP contribution in [0, 0.1) is 0 Å². The van der Waals surface area contributed by atoms with Crippen molar-refractivity contribution in [3.8, 4) is 5.75 Å². The number of para-hydroxylation sites is 1. The highest BCUT2D eigenvalue weighted by Gasteiger charge is 2.09. The summed E-state index contributed by atoms with van der Waals surface area (Å²) in [5.41, 5.74) is 0.860. The molecule has 0 aliphatic rings. The Morgan fingerprint density at radius 1 is 1.00 bits per heavy atom. The van der Waals surface area contributed by atoms with Crippen molar-refractivity contribution in [3.05, 3.63) is 60.2 Å². The van der Waals surface area contributed by atoms with Gasteiger partial charge >= 0.3 is 5.97 Å². The van der Waals surface area contributed by atoms with Gasteiger partial charge in [-0.2, -0.15) is 0 Å². The Hall–Kier alpha value is -2.86. The molecule has 6 nitrogen and oxygen atoms in total. The highest BCUT2D eigenvalue weighted by atomic mass is 16.6. The van der Waals surface area contributed by atoms with E-state index in [2.05, 4.69) is 5.32 Å². The van der Waals surface area contributed by atoms with Crippen molar-refractivity contribution in [2.75, 3.05) is 31.7 Å². The number of ether oxygens (including phenoxy) is 3. The van der Waals surface area contributed by atoms with Crippen LogP contribution in [0.1, 0.15) is 17.3 Å². The fourth-order valence-corrected chi connectivity index (χ4v) is 2.01. The van der Waals surface area contributed by atoms with Crippen LogP contribution in [0.3, 0.4) is 0 Å². The molecule has 0 atom stereocenters. The van der Waals surface area contributed by atoms with E-state index < -0.39 is 5.97 Å². The van der Waals surface area contributed by atoms with Crippen molar-refractivity contribution in [2.24, 2.45) is 0 Å². The average Bonchev–Trinajstić information content (AvgIpc) is 2.64. The summed E-state index contributed by atoms with van der Waals surface area (Å²) in [6.07, 6.45) is 0. The van der Waals surface area contributed by atoms with Gasteiger partial charge in [0, 0.05) is 12.3 Å². The Balaban J connectivity index is 1.83. The Labute approximate surface area is 146 Å². The molecule has 0 saturated heterocycles. The zero-order valence-corrected chi connectivity index (χ0v) is 14.1. The Bertz CT molecular complexity index is 687. The largest absolute Gasteiger partial charge is 0.484 e. The summed E-state index contributed by atoms with van der Waals surface area (Å²) >= 11 is 0. The number of carbonyl (C=O) groups is 2. The molecule has 1 N–H and O–H groups in total. The fourth-order valence-electron chi connectivity index (χ4n) is 2.01. The van der Waals surface area contributed by atoms with Crippen LogP contribution >= 0.6 is 0 Å². The van der Waals surface area contributed by atoms with Crippen molar-refractivity contribution in [1.82, 2.24) is 0 Å². The summed E-state index contributed by atoms with van der Waals surface area (Å²) in [6, 6.07) is 15.6. The third kappa shape index (κ3) is 6.64. The molecule has 0 saturated carbocycles. The quantitative estimate of drug-likeness (QED) is 0.560. The first kappa shape index (κ1) is 18.5. The number of nitrogens with one attached hydrogen (secondary N) is 1. The lowest BCUT2D eigenvalue weighted by Gasteiger charge is -2.09. The van der Waals surface area contributed by atoms with Crippen molar-refractivity contribution < 1.29 is 23.8 Å². The molecule has 2 aromatic carbocycles. The SMILES string of the molecule is CCOCCOC(=O)c1cccc(NC(=O)COc2ccccc2)c1. The predicted octanol–water partition coefficient (Wildman–Crippen LogP) is 2.90. The van der Waals surface area contributed by atoms with Gasteiger partial charge in [0.25, 0.3) is 5.91 Å². The normalized spacial score (nSPS) is 10.1. The molecule has 0 aliphatic heterocycles. The van der Waals surface area contributed by atoms with Crippen molar-refractivity contribution in [1.29, 1.82) is 0 Å². The van der Waals surface area contributed by atoms with Crippen LogP contribution in [0.5, 0.6) is 5.75 Å². The summed E-state index contributed by atoms with van der Waals surface area (Å²) < 4.78 is 15.6. The van der Waals surface area contributed by atoms with E-state index in [1.807, 2.05) is 25.1 Å². The van der Waals surface area contributed by atoms with Crippen LogP contribution in [-0.4, -0.2) is 38.3 Å². The van der Waals surface area contributed by atoms with Gasteiger partial charge in [0.05, 0.1) is 12.2 Å². The number of rotatable bonds is 9. The summed E-state index contributed by atoms with van der Waals surface area (Å²) in [6.45, 7) is 2.87. The van der Waals surface area contributed by atoms with Crippen LogP contribution in [0.4, 0.5) is 5.69 Å². The minimum Gasteiger partial charge on any atom is -0.484 e. The summed E-state index contributed by atoms with van der Waals surface area (Å²) in [4.78, 5) is 23.9. The summed E-state index contributed by atoms with van der Waals surface area (Å²) in [5.74, 6) is -0.161. The monoisotopic (exact) mass is 343 g/mol. The van der Waals surface area contributed by atoms with Gasteiger partial charge in [0.15, 0.2) is 6.61 Å². The number of anilines is 1. The lowest BCUT2D eigenvalue weighted by molar-refractivity contribution is -0.118. The van der Waals surface area contributed by atoms with Gasteiger partial charge in [0.2, 0.25) is 0 Å². The van der Waals surface area contributed by atoms with Crippen LogP contribution in [0.25, 0.3) is 0 Å². The number of hydrogen-bond donors (Lipinski definition) is 1. The van der Waals surface area contributed by atoms with Crippen LogP contribution in [-0.2, 0) is 14.3 Å². The number of amides is 1. The van der Waals surface area contributed by atoms with Crippen molar-refractivity contribution in [3.63, 3.8) is 0 Å². The van der Waals surface area contributed by atoms with Gasteiger partial charge < -0.3 is 19.5 Å². The highest BCUT2D eigenvalue weighted by Crippen LogP contribution is 2.12. The first-order valence-corrected chi connectivity index (χ1v) is 8.01. The predicted molar refractivity (Wildman–Crippen MR) is 93.8 cm³/mol. The van der Waals surface area contributed by atoms with E-state index >= 15 is 0 Å². The summed E-state index contributed by atoms with van der Waals surface area (Å²) in [7, 11) is 0. The first-order chi connectivity index (χ1) is 12.2. The second kappa shape index (κ2) is 10.1. The van der Waals surface area contributed by atoms with Gasteiger partial charge in [-0.3, -0.25) is 4.79 Å². The molecular weight excluding hydrogens is 322 g/mol. The molecule has 132 valence electrons. The second-order valence-corrected chi connectivity index (χ2v) is 5.06. The maximum absolute atomic E-state index is 11.9. The number of benzene rings is 2. The number of esters is 1. The lowest BCUT2D eigenvalue weighted by atomic mass is 10.2. The van der Waals surface area contributed by atoms with Crippen molar-refractivity contribution >= 4 is 17.6 Å². The topological polar surface area (TPSA) is 73.9 Å². The van der Waals surface area contributed by atoms with E-state index in [0.29, 0.717) is 30.2 Å². The molecule has 0 radical (unpaired) electrons. The number of hydrogen-bond acceptors (Lipinski definition) is 5. The molecular formula is C19H21NO5. The second-order valence-electron chi connectivity index (χ2n) is 5.06. The lowest BCUT2D eigenvalue weighted by Crippen LogP contribution is -2.20. The molecule has 2 aromatic rings. The molecule has 6 heteroatoms. The zero-order valence-electron chi connectivity index (χ0n) is 14.1. The van der Waals surface area contributed by atoms with Crippen LogP contribution < -0.4 is 10.1 Å². The molecule has 0 spiro atoms. The van der Waals surface area contributed by atoms with Crippen molar-refractivity contribution in [2.45, 2.75) is 6.92 Å². The van der Waals surface area contributed by atoms with E-state index in [0.717, 1.165) is 0 Å². The van der Waals surface area contributed by atoms with Gasteiger partial charge in [-0.05, 0) is 37.3 Å². The maximum atomic E-state index is 11.9. The number of carbonyl (C=O) groups excluding carboxylic acids is 2. The van der Waals surface area contributed by atoms with Gasteiger partial charge in [0.1, 0.15) is 12.4 Å². The van der Waals surface area contributed by atoms with Crippen LogP contribution in [0.15, 0.2) is 54.6 Å². The summed E-state index contributed by atoms with van der Waals surface area (Å²) in [5, 5.41) is 2.69. The van der Waals surface area contributed by atoms with E-state index in [-0.39, 0.29) is 19.1 Å². The van der Waals surface area contributed by atoms with Gasteiger partial charge in [-0.15, -0.1) is 0 Å². The van der Waals surface area contributed by atoms with Gasteiger partial charge in [-0.25, -0.2) is 4.79 Å². The fraction of sp³-hybridized carbons (Fsp3) is 0.263. The Morgan fingerprint density at radius 3 is 2.56 bits per heavy atom. The minimum atomic E-state index is -0.462. The molecule has 25 heavy (non-hydrogen) atoms. The van der Waals surface area contributed by atoms with E-state index in [1.54, 1.807) is 36.4 Å². The highest BCUT2D eigenvalue weighted by molar-refractivity contribution is 5.95. The molecule has 1 amide bonds. The standard InChI is InChI=1S/C19H21NO5/c1-2-23-11-12-24-19(22)15-7-6-8-16(13-15)20-18(21)14-25-17-9-4-3-5-10-17/h3-10,13H,2,11-12,14H2,1H3,(H,20,21). The minimum absolute atomic E-state index is 0.118. The van der Waals surface area contributed by atoms with Gasteiger partial charge in [-0.1, -0.05) is 24.3 Å². The molecule has 2 rings (SSSR count). The van der Waals surface area contributed by atoms with E-state index in [4.69, 9.17) is 14.2 Å². The smallest absolute Gasteiger partial charge is 0.338 e. The molecule has 0 heterocycles. The molecule has 0 fully saturated rings. The zero-order chi connectivity index (χ0) is 17.9. The average molecular weight is 343 g/mol.